The number of alkyl halides is 3. The van der Waals surface area contributed by atoms with Gasteiger partial charge < -0.3 is 5.32 Å². The average Bonchev–Trinajstić information content (AvgIpc) is 2.87. The van der Waals surface area contributed by atoms with E-state index in [0.717, 1.165) is 22.9 Å². The molecule has 5 heteroatoms. The molecule has 0 aliphatic carbocycles. The fraction of sp³-hybridized carbons (Fsp3) is 0.250. The van der Waals surface area contributed by atoms with Gasteiger partial charge in [-0.1, -0.05) is 29.8 Å². The number of benzene rings is 2. The molecule has 0 saturated heterocycles. The maximum Gasteiger partial charge on any atom is 0.416 e. The molecule has 21 heavy (non-hydrogen) atoms. The number of nitrogens with one attached hydrogen (secondary N) is 1. The monoisotopic (exact) mass is 311 g/mol. The highest BCUT2D eigenvalue weighted by molar-refractivity contribution is 6.31. The summed E-state index contributed by atoms with van der Waals surface area (Å²) in [5.41, 5.74) is 2.97. The van der Waals surface area contributed by atoms with E-state index in [4.69, 9.17) is 11.6 Å². The summed E-state index contributed by atoms with van der Waals surface area (Å²) in [4.78, 5) is 0. The van der Waals surface area contributed by atoms with Gasteiger partial charge in [0.25, 0.3) is 0 Å². The molecule has 1 atom stereocenters. The molecule has 0 aromatic heterocycles. The minimum absolute atomic E-state index is 0.153. The molecule has 1 N–H and O–H groups in total. The van der Waals surface area contributed by atoms with Crippen molar-refractivity contribution in [3.8, 4) is 0 Å². The fourth-order valence-electron chi connectivity index (χ4n) is 2.69. The van der Waals surface area contributed by atoms with Crippen LogP contribution in [0.2, 0.25) is 5.02 Å². The SMILES string of the molecule is Cc1c(Cl)ccc2c1NC(c1cccc(C(F)(F)F)c1)C2. The number of hydrogen-bond acceptors (Lipinski definition) is 1. The first kappa shape index (κ1) is 14.3. The first-order valence-corrected chi connectivity index (χ1v) is 6.96. The van der Waals surface area contributed by atoms with Gasteiger partial charge >= 0.3 is 6.18 Å². The minimum atomic E-state index is -4.32. The lowest BCUT2D eigenvalue weighted by Gasteiger charge is -2.15. The van der Waals surface area contributed by atoms with Crippen molar-refractivity contribution >= 4 is 17.3 Å². The van der Waals surface area contributed by atoms with Crippen molar-refractivity contribution in [3.63, 3.8) is 0 Å². The lowest BCUT2D eigenvalue weighted by molar-refractivity contribution is -0.137. The van der Waals surface area contributed by atoms with Crippen LogP contribution in [0.1, 0.15) is 28.3 Å². The second-order valence-corrected chi connectivity index (χ2v) is 5.64. The fourth-order valence-corrected chi connectivity index (χ4v) is 2.85. The Kier molecular flexibility index (Phi) is 3.36. The van der Waals surface area contributed by atoms with Crippen LogP contribution in [-0.4, -0.2) is 0 Å². The molecule has 1 aliphatic heterocycles. The summed E-state index contributed by atoms with van der Waals surface area (Å²) in [5.74, 6) is 0. The van der Waals surface area contributed by atoms with Crippen molar-refractivity contribution in [2.45, 2.75) is 25.6 Å². The van der Waals surface area contributed by atoms with Crippen molar-refractivity contribution in [2.75, 3.05) is 5.32 Å². The first-order chi connectivity index (χ1) is 9.86. The summed E-state index contributed by atoms with van der Waals surface area (Å²) in [7, 11) is 0. The third-order valence-corrected chi connectivity index (χ3v) is 4.25. The minimum Gasteiger partial charge on any atom is -0.377 e. The molecule has 2 aromatic rings. The highest BCUT2D eigenvalue weighted by Gasteiger charge is 2.32. The number of rotatable bonds is 1. The quantitative estimate of drug-likeness (QED) is 0.746. The molecule has 1 unspecified atom stereocenters. The topological polar surface area (TPSA) is 12.0 Å². The van der Waals surface area contributed by atoms with Gasteiger partial charge in [0.2, 0.25) is 0 Å². The molecule has 3 rings (SSSR count). The maximum atomic E-state index is 12.8. The molecule has 0 radical (unpaired) electrons. The zero-order valence-electron chi connectivity index (χ0n) is 11.3. The van der Waals surface area contributed by atoms with Crippen molar-refractivity contribution in [2.24, 2.45) is 0 Å². The number of fused-ring (bicyclic) bond motifs is 1. The number of anilines is 1. The van der Waals surface area contributed by atoms with Crippen molar-refractivity contribution < 1.29 is 13.2 Å². The molecule has 0 saturated carbocycles. The van der Waals surface area contributed by atoms with Gasteiger partial charge in [-0.2, -0.15) is 13.2 Å². The van der Waals surface area contributed by atoms with Gasteiger partial charge in [-0.15, -0.1) is 0 Å². The number of hydrogen-bond donors (Lipinski definition) is 1. The molecular weight excluding hydrogens is 299 g/mol. The summed E-state index contributed by atoms with van der Waals surface area (Å²) in [5, 5.41) is 3.95. The first-order valence-electron chi connectivity index (χ1n) is 6.58. The largest absolute Gasteiger partial charge is 0.416 e. The summed E-state index contributed by atoms with van der Waals surface area (Å²) in [6.45, 7) is 1.91. The van der Waals surface area contributed by atoms with Crippen LogP contribution in [0.4, 0.5) is 18.9 Å². The van der Waals surface area contributed by atoms with E-state index in [9.17, 15) is 13.2 Å². The van der Waals surface area contributed by atoms with Crippen LogP contribution >= 0.6 is 11.6 Å². The normalized spacial score (nSPS) is 17.5. The molecule has 0 fully saturated rings. The van der Waals surface area contributed by atoms with Crippen LogP contribution in [0, 0.1) is 6.92 Å². The van der Waals surface area contributed by atoms with Gasteiger partial charge in [0, 0.05) is 10.7 Å². The predicted octanol–water partition coefficient (Wildman–Crippen LogP) is 5.38. The molecule has 110 valence electrons. The van der Waals surface area contributed by atoms with Crippen LogP contribution < -0.4 is 5.32 Å². The lowest BCUT2D eigenvalue weighted by Crippen LogP contribution is -2.10. The summed E-state index contributed by atoms with van der Waals surface area (Å²) in [6, 6.07) is 9.06. The Hall–Kier alpha value is -1.68. The van der Waals surface area contributed by atoms with Crippen LogP contribution in [0.25, 0.3) is 0 Å². The van der Waals surface area contributed by atoms with E-state index in [-0.39, 0.29) is 6.04 Å². The third kappa shape index (κ3) is 2.60. The molecular formula is C16H13ClF3N. The summed E-state index contributed by atoms with van der Waals surface area (Å²) in [6.07, 6.45) is -3.66. The Bertz CT molecular complexity index is 694. The molecule has 1 heterocycles. The Labute approximate surface area is 125 Å². The average molecular weight is 312 g/mol. The Morgan fingerprint density at radius 1 is 1.19 bits per heavy atom. The molecule has 1 nitrogen and oxygen atoms in total. The predicted molar refractivity (Wildman–Crippen MR) is 77.7 cm³/mol. The molecule has 0 spiro atoms. The van der Waals surface area contributed by atoms with Crippen LogP contribution in [-0.2, 0) is 12.6 Å². The van der Waals surface area contributed by atoms with Crippen molar-refractivity contribution in [3.05, 3.63) is 63.7 Å². The van der Waals surface area contributed by atoms with Gasteiger partial charge in [0.05, 0.1) is 11.6 Å². The van der Waals surface area contributed by atoms with E-state index >= 15 is 0 Å². The highest BCUT2D eigenvalue weighted by Crippen LogP contribution is 2.40. The van der Waals surface area contributed by atoms with E-state index in [2.05, 4.69) is 5.32 Å². The Morgan fingerprint density at radius 2 is 1.95 bits per heavy atom. The Balaban J connectivity index is 1.93. The summed E-state index contributed by atoms with van der Waals surface area (Å²) < 4.78 is 38.4. The van der Waals surface area contributed by atoms with E-state index in [1.165, 1.54) is 12.1 Å². The smallest absolute Gasteiger partial charge is 0.377 e. The van der Waals surface area contributed by atoms with Crippen LogP contribution in [0.5, 0.6) is 0 Å². The summed E-state index contributed by atoms with van der Waals surface area (Å²) >= 11 is 6.08. The van der Waals surface area contributed by atoms with E-state index in [1.807, 2.05) is 19.1 Å². The van der Waals surface area contributed by atoms with Gasteiger partial charge in [0.15, 0.2) is 0 Å². The zero-order chi connectivity index (χ0) is 15.2. The van der Waals surface area contributed by atoms with Gasteiger partial charge in [-0.25, -0.2) is 0 Å². The van der Waals surface area contributed by atoms with Gasteiger partial charge in [-0.3, -0.25) is 0 Å². The zero-order valence-corrected chi connectivity index (χ0v) is 12.0. The molecule has 1 aliphatic rings. The lowest BCUT2D eigenvalue weighted by atomic mass is 10.0. The van der Waals surface area contributed by atoms with Gasteiger partial charge in [0.1, 0.15) is 0 Å². The second kappa shape index (κ2) is 4.95. The van der Waals surface area contributed by atoms with Crippen LogP contribution in [0.3, 0.4) is 0 Å². The standard InChI is InChI=1S/C16H13ClF3N/c1-9-13(17)6-5-11-8-14(21-15(9)11)10-3-2-4-12(7-10)16(18,19)20/h2-7,14,21H,8H2,1H3. The highest BCUT2D eigenvalue weighted by atomic mass is 35.5. The Morgan fingerprint density at radius 3 is 2.67 bits per heavy atom. The van der Waals surface area contributed by atoms with Crippen molar-refractivity contribution in [1.82, 2.24) is 0 Å². The third-order valence-electron chi connectivity index (χ3n) is 3.84. The van der Waals surface area contributed by atoms with E-state index in [0.29, 0.717) is 17.0 Å². The second-order valence-electron chi connectivity index (χ2n) is 5.23. The molecule has 0 bridgehead atoms. The molecule has 2 aromatic carbocycles. The van der Waals surface area contributed by atoms with E-state index in [1.54, 1.807) is 6.07 Å². The van der Waals surface area contributed by atoms with Gasteiger partial charge in [-0.05, 0) is 48.2 Å². The van der Waals surface area contributed by atoms with Crippen LogP contribution in [0.15, 0.2) is 36.4 Å². The van der Waals surface area contributed by atoms with Crippen molar-refractivity contribution in [1.29, 1.82) is 0 Å². The number of halogens is 4. The maximum absolute atomic E-state index is 12.8. The molecule has 0 amide bonds. The van der Waals surface area contributed by atoms with E-state index < -0.39 is 11.7 Å².